The first-order valence-corrected chi connectivity index (χ1v) is 5.94. The Kier molecular flexibility index (Phi) is 2.90. The van der Waals surface area contributed by atoms with E-state index in [1.54, 1.807) is 0 Å². The topological polar surface area (TPSA) is 3.24 Å². The number of likely N-dealkylation sites (N-methyl/N-ethyl adjacent to an activating group) is 1. The van der Waals surface area contributed by atoms with Gasteiger partial charge in [0.15, 0.2) is 0 Å². The molecule has 1 heteroatoms. The molecular weight excluding hydrogens is 194 g/mol. The van der Waals surface area contributed by atoms with Gasteiger partial charge in [-0.2, -0.15) is 0 Å². The minimum absolute atomic E-state index is 0.300. The zero-order chi connectivity index (χ0) is 11.8. The predicted molar refractivity (Wildman–Crippen MR) is 70.6 cm³/mol. The van der Waals surface area contributed by atoms with Crippen molar-refractivity contribution >= 4 is 5.57 Å². The number of nitrogens with zero attached hydrogens (tertiary/aromatic N) is 1. The molecule has 1 aliphatic rings. The maximum atomic E-state index is 2.37. The maximum Gasteiger partial charge on any atom is 0.0163 e. The second kappa shape index (κ2) is 4.06. The van der Waals surface area contributed by atoms with Gasteiger partial charge in [0.25, 0.3) is 0 Å². The van der Waals surface area contributed by atoms with E-state index in [1.807, 2.05) is 0 Å². The van der Waals surface area contributed by atoms with Crippen molar-refractivity contribution in [2.24, 2.45) is 0 Å². The van der Waals surface area contributed by atoms with Gasteiger partial charge in [0, 0.05) is 6.54 Å². The van der Waals surface area contributed by atoms with Gasteiger partial charge in [-0.15, -0.1) is 0 Å². The van der Waals surface area contributed by atoms with Crippen LogP contribution in [-0.4, -0.2) is 25.5 Å². The van der Waals surface area contributed by atoms with Crippen molar-refractivity contribution in [1.82, 2.24) is 4.90 Å². The van der Waals surface area contributed by atoms with Gasteiger partial charge in [-0.05, 0) is 42.6 Å². The van der Waals surface area contributed by atoms with Crippen molar-refractivity contribution in [3.8, 4) is 0 Å². The van der Waals surface area contributed by atoms with Crippen LogP contribution in [0.5, 0.6) is 0 Å². The molecule has 0 aromatic heterocycles. The van der Waals surface area contributed by atoms with Crippen LogP contribution in [0.2, 0.25) is 0 Å². The van der Waals surface area contributed by atoms with Crippen LogP contribution in [0.1, 0.15) is 31.4 Å². The Bertz CT molecular complexity index is 413. The number of hydrogen-bond donors (Lipinski definition) is 0. The number of fused-ring (bicyclic) bond motifs is 1. The third-order valence-electron chi connectivity index (χ3n) is 3.34. The second-order valence-corrected chi connectivity index (χ2v) is 5.60. The normalized spacial score (nSPS) is 20.4. The quantitative estimate of drug-likeness (QED) is 0.731. The minimum Gasteiger partial charge on any atom is -0.306 e. The summed E-state index contributed by atoms with van der Waals surface area (Å²) in [5, 5.41) is 0. The van der Waals surface area contributed by atoms with Crippen LogP contribution in [0.4, 0.5) is 0 Å². The SMILES string of the molecule is CN(C)CC=C1CC(C)(C)c2ccccc21. The Morgan fingerprint density at radius 1 is 1.25 bits per heavy atom. The summed E-state index contributed by atoms with van der Waals surface area (Å²) in [6.07, 6.45) is 3.54. The molecule has 0 atom stereocenters. The number of benzene rings is 1. The number of allylic oxidation sites excluding steroid dienone is 1. The lowest BCUT2D eigenvalue weighted by Crippen LogP contribution is -2.12. The van der Waals surface area contributed by atoms with Gasteiger partial charge in [-0.1, -0.05) is 44.2 Å². The predicted octanol–water partition coefficient (Wildman–Crippen LogP) is 3.31. The molecular formula is C15H21N. The highest BCUT2D eigenvalue weighted by atomic mass is 15.0. The van der Waals surface area contributed by atoms with Crippen LogP contribution < -0.4 is 0 Å². The number of hydrogen-bond acceptors (Lipinski definition) is 1. The summed E-state index contributed by atoms with van der Waals surface area (Å²) in [7, 11) is 4.23. The van der Waals surface area contributed by atoms with E-state index in [-0.39, 0.29) is 0 Å². The Labute approximate surface area is 98.8 Å². The Morgan fingerprint density at radius 3 is 2.62 bits per heavy atom. The molecule has 86 valence electrons. The van der Waals surface area contributed by atoms with Crippen LogP contribution in [0.3, 0.4) is 0 Å². The van der Waals surface area contributed by atoms with Crippen LogP contribution >= 0.6 is 0 Å². The van der Waals surface area contributed by atoms with Crippen LogP contribution in [-0.2, 0) is 5.41 Å². The van der Waals surface area contributed by atoms with Crippen molar-refractivity contribution in [3.63, 3.8) is 0 Å². The Balaban J connectivity index is 2.37. The van der Waals surface area contributed by atoms with E-state index >= 15 is 0 Å². The van der Waals surface area contributed by atoms with E-state index in [0.29, 0.717) is 5.41 Å². The first kappa shape index (κ1) is 11.4. The third-order valence-corrected chi connectivity index (χ3v) is 3.34. The molecule has 0 saturated heterocycles. The zero-order valence-corrected chi connectivity index (χ0v) is 10.7. The highest BCUT2D eigenvalue weighted by molar-refractivity contribution is 5.75. The molecule has 0 aliphatic heterocycles. The van der Waals surface area contributed by atoms with E-state index in [2.05, 4.69) is 63.2 Å². The summed E-state index contributed by atoms with van der Waals surface area (Å²) < 4.78 is 0. The highest BCUT2D eigenvalue weighted by Crippen LogP contribution is 2.44. The smallest absolute Gasteiger partial charge is 0.0163 e. The van der Waals surface area contributed by atoms with Crippen LogP contribution in [0, 0.1) is 0 Å². The van der Waals surface area contributed by atoms with Crippen molar-refractivity contribution in [3.05, 3.63) is 41.5 Å². The highest BCUT2D eigenvalue weighted by Gasteiger charge is 2.32. The van der Waals surface area contributed by atoms with E-state index in [4.69, 9.17) is 0 Å². The van der Waals surface area contributed by atoms with Gasteiger partial charge in [-0.3, -0.25) is 0 Å². The summed E-state index contributed by atoms with van der Waals surface area (Å²) >= 11 is 0. The van der Waals surface area contributed by atoms with Gasteiger partial charge in [-0.25, -0.2) is 0 Å². The molecule has 0 saturated carbocycles. The molecule has 1 aromatic rings. The van der Waals surface area contributed by atoms with E-state index in [1.165, 1.54) is 23.1 Å². The summed E-state index contributed by atoms with van der Waals surface area (Å²) in [4.78, 5) is 2.21. The van der Waals surface area contributed by atoms with E-state index in [9.17, 15) is 0 Å². The molecule has 0 amide bonds. The molecule has 1 nitrogen and oxygen atoms in total. The second-order valence-electron chi connectivity index (χ2n) is 5.60. The number of rotatable bonds is 2. The van der Waals surface area contributed by atoms with Crippen LogP contribution in [0.15, 0.2) is 30.3 Å². The molecule has 0 heterocycles. The van der Waals surface area contributed by atoms with Gasteiger partial charge in [0.2, 0.25) is 0 Å². The molecule has 1 aromatic carbocycles. The lowest BCUT2D eigenvalue weighted by atomic mass is 9.86. The van der Waals surface area contributed by atoms with Crippen molar-refractivity contribution in [2.75, 3.05) is 20.6 Å². The van der Waals surface area contributed by atoms with Crippen molar-refractivity contribution < 1.29 is 0 Å². The van der Waals surface area contributed by atoms with Crippen LogP contribution in [0.25, 0.3) is 5.57 Å². The van der Waals surface area contributed by atoms with E-state index in [0.717, 1.165) is 6.54 Å². The summed E-state index contributed by atoms with van der Waals surface area (Å²) in [6, 6.07) is 8.82. The Hall–Kier alpha value is -1.08. The summed E-state index contributed by atoms with van der Waals surface area (Å²) in [5.74, 6) is 0. The first-order valence-electron chi connectivity index (χ1n) is 5.94. The monoisotopic (exact) mass is 215 g/mol. The fraction of sp³-hybridized carbons (Fsp3) is 0.467. The zero-order valence-electron chi connectivity index (χ0n) is 10.7. The van der Waals surface area contributed by atoms with E-state index < -0.39 is 0 Å². The van der Waals surface area contributed by atoms with Gasteiger partial charge < -0.3 is 4.90 Å². The summed E-state index contributed by atoms with van der Waals surface area (Å²) in [6.45, 7) is 5.70. The van der Waals surface area contributed by atoms with Crippen molar-refractivity contribution in [1.29, 1.82) is 0 Å². The average Bonchev–Trinajstić information content (AvgIpc) is 2.49. The lowest BCUT2D eigenvalue weighted by Gasteiger charge is -2.17. The third kappa shape index (κ3) is 2.05. The van der Waals surface area contributed by atoms with Gasteiger partial charge in [0.05, 0.1) is 0 Å². The molecule has 0 N–H and O–H groups in total. The molecule has 0 unspecified atom stereocenters. The molecule has 2 rings (SSSR count). The lowest BCUT2D eigenvalue weighted by molar-refractivity contribution is 0.456. The molecule has 16 heavy (non-hydrogen) atoms. The van der Waals surface area contributed by atoms with Crippen molar-refractivity contribution in [2.45, 2.75) is 25.7 Å². The summed E-state index contributed by atoms with van der Waals surface area (Å²) in [5.41, 5.74) is 4.76. The Morgan fingerprint density at radius 2 is 1.94 bits per heavy atom. The fourth-order valence-corrected chi connectivity index (χ4v) is 2.49. The first-order chi connectivity index (χ1) is 7.50. The van der Waals surface area contributed by atoms with Gasteiger partial charge in [0.1, 0.15) is 0 Å². The average molecular weight is 215 g/mol. The fourth-order valence-electron chi connectivity index (χ4n) is 2.49. The largest absolute Gasteiger partial charge is 0.306 e. The van der Waals surface area contributed by atoms with Gasteiger partial charge >= 0.3 is 0 Å². The molecule has 0 fully saturated rings. The molecule has 1 aliphatic carbocycles. The molecule has 0 radical (unpaired) electrons. The molecule has 0 bridgehead atoms. The standard InChI is InChI=1S/C15H21N/c1-15(2)11-12(9-10-16(3)4)13-7-5-6-8-14(13)15/h5-9H,10-11H2,1-4H3. The minimum atomic E-state index is 0.300. The maximum absolute atomic E-state index is 2.37. The molecule has 0 spiro atoms.